The second kappa shape index (κ2) is 8.04. The maximum absolute atomic E-state index is 9.68. The average Bonchev–Trinajstić information content (AvgIpc) is 2.48. The summed E-state index contributed by atoms with van der Waals surface area (Å²) in [5, 5.41) is 13.2. The van der Waals surface area contributed by atoms with E-state index in [1.807, 2.05) is 6.92 Å². The van der Waals surface area contributed by atoms with Crippen LogP contribution in [0.1, 0.15) is 46.0 Å². The fraction of sp³-hybridized carbons (Fsp3) is 1.00. The SMILES string of the molecule is CCOCC(O)CNC1CCCCCC1C. The zero-order valence-electron chi connectivity index (χ0n) is 10.7. The van der Waals surface area contributed by atoms with Gasteiger partial charge >= 0.3 is 0 Å². The van der Waals surface area contributed by atoms with E-state index in [1.165, 1.54) is 32.1 Å². The van der Waals surface area contributed by atoms with Gasteiger partial charge in [0, 0.05) is 19.2 Å². The van der Waals surface area contributed by atoms with Crippen molar-refractivity contribution in [3.8, 4) is 0 Å². The molecule has 2 N–H and O–H groups in total. The molecule has 1 aliphatic rings. The lowest BCUT2D eigenvalue weighted by Gasteiger charge is -2.24. The van der Waals surface area contributed by atoms with Gasteiger partial charge in [0.2, 0.25) is 0 Å². The zero-order chi connectivity index (χ0) is 11.8. The van der Waals surface area contributed by atoms with E-state index in [-0.39, 0.29) is 6.10 Å². The van der Waals surface area contributed by atoms with Gasteiger partial charge in [0.15, 0.2) is 0 Å². The molecule has 3 nitrogen and oxygen atoms in total. The topological polar surface area (TPSA) is 41.5 Å². The van der Waals surface area contributed by atoms with Crippen LogP contribution in [0.15, 0.2) is 0 Å². The second-order valence-corrected chi connectivity index (χ2v) is 4.94. The minimum absolute atomic E-state index is 0.365. The largest absolute Gasteiger partial charge is 0.389 e. The smallest absolute Gasteiger partial charge is 0.0897 e. The molecule has 0 spiro atoms. The molecule has 3 heteroatoms. The van der Waals surface area contributed by atoms with E-state index in [0.29, 0.717) is 25.8 Å². The van der Waals surface area contributed by atoms with Crippen molar-refractivity contribution in [2.24, 2.45) is 5.92 Å². The van der Waals surface area contributed by atoms with Crippen LogP contribution >= 0.6 is 0 Å². The van der Waals surface area contributed by atoms with Gasteiger partial charge in [-0.25, -0.2) is 0 Å². The van der Waals surface area contributed by atoms with Crippen LogP contribution in [0.3, 0.4) is 0 Å². The van der Waals surface area contributed by atoms with Gasteiger partial charge in [-0.05, 0) is 25.7 Å². The van der Waals surface area contributed by atoms with Crippen LogP contribution in [0.5, 0.6) is 0 Å². The van der Waals surface area contributed by atoms with Gasteiger partial charge in [-0.2, -0.15) is 0 Å². The fourth-order valence-electron chi connectivity index (χ4n) is 2.40. The van der Waals surface area contributed by atoms with Crippen molar-refractivity contribution in [2.75, 3.05) is 19.8 Å². The Bertz CT molecular complexity index is 175. The quantitative estimate of drug-likeness (QED) is 0.684. The third-order valence-electron chi connectivity index (χ3n) is 3.49. The number of nitrogens with one attached hydrogen (secondary N) is 1. The Kier molecular flexibility index (Phi) is 7.01. The Morgan fingerprint density at radius 1 is 1.31 bits per heavy atom. The summed E-state index contributed by atoms with van der Waals surface area (Å²) in [4.78, 5) is 0. The molecular weight excluding hydrogens is 202 g/mol. The third kappa shape index (κ3) is 5.28. The molecule has 1 aliphatic carbocycles. The Labute approximate surface area is 99.6 Å². The van der Waals surface area contributed by atoms with Gasteiger partial charge in [0.1, 0.15) is 0 Å². The highest BCUT2D eigenvalue weighted by molar-refractivity contribution is 4.77. The average molecular weight is 229 g/mol. The molecule has 1 saturated carbocycles. The van der Waals surface area contributed by atoms with Crippen molar-refractivity contribution >= 4 is 0 Å². The first-order valence-corrected chi connectivity index (χ1v) is 6.73. The van der Waals surface area contributed by atoms with Crippen molar-refractivity contribution in [1.29, 1.82) is 0 Å². The van der Waals surface area contributed by atoms with Crippen molar-refractivity contribution in [3.05, 3.63) is 0 Å². The van der Waals surface area contributed by atoms with E-state index in [4.69, 9.17) is 4.74 Å². The Morgan fingerprint density at radius 2 is 2.06 bits per heavy atom. The van der Waals surface area contributed by atoms with Crippen LogP contribution in [0.25, 0.3) is 0 Å². The summed E-state index contributed by atoms with van der Waals surface area (Å²) in [6.45, 7) is 6.06. The number of aliphatic hydroxyl groups is 1. The third-order valence-corrected chi connectivity index (χ3v) is 3.49. The molecule has 3 atom stereocenters. The lowest BCUT2D eigenvalue weighted by molar-refractivity contribution is 0.0402. The normalized spacial score (nSPS) is 28.7. The molecule has 3 unspecified atom stereocenters. The number of hydrogen-bond donors (Lipinski definition) is 2. The molecule has 0 radical (unpaired) electrons. The molecule has 16 heavy (non-hydrogen) atoms. The highest BCUT2D eigenvalue weighted by Crippen LogP contribution is 2.22. The summed E-state index contributed by atoms with van der Waals surface area (Å²) in [6, 6.07) is 0.582. The maximum atomic E-state index is 9.68. The molecule has 0 aliphatic heterocycles. The van der Waals surface area contributed by atoms with Crippen LogP contribution in [0.4, 0.5) is 0 Å². The second-order valence-electron chi connectivity index (χ2n) is 4.94. The van der Waals surface area contributed by atoms with Crippen LogP contribution in [0, 0.1) is 5.92 Å². The summed E-state index contributed by atoms with van der Waals surface area (Å²) in [5.74, 6) is 0.738. The minimum Gasteiger partial charge on any atom is -0.389 e. The van der Waals surface area contributed by atoms with Crippen molar-refractivity contribution in [3.63, 3.8) is 0 Å². The molecule has 1 fully saturated rings. The monoisotopic (exact) mass is 229 g/mol. The van der Waals surface area contributed by atoms with Crippen LogP contribution in [-0.2, 0) is 4.74 Å². The first-order chi connectivity index (χ1) is 7.74. The fourth-order valence-corrected chi connectivity index (χ4v) is 2.40. The number of ether oxygens (including phenoxy) is 1. The van der Waals surface area contributed by atoms with Gasteiger partial charge in [-0.15, -0.1) is 0 Å². The molecule has 1 rings (SSSR count). The van der Waals surface area contributed by atoms with E-state index < -0.39 is 0 Å². The molecule has 0 aromatic heterocycles. The molecule has 0 heterocycles. The number of aliphatic hydroxyl groups excluding tert-OH is 1. The molecule has 0 saturated heterocycles. The first-order valence-electron chi connectivity index (χ1n) is 6.73. The molecule has 0 aromatic carbocycles. The lowest BCUT2D eigenvalue weighted by Crippen LogP contribution is -2.40. The van der Waals surface area contributed by atoms with Gasteiger partial charge in [-0.3, -0.25) is 0 Å². The summed E-state index contributed by atoms with van der Waals surface area (Å²) in [5.41, 5.74) is 0. The van der Waals surface area contributed by atoms with E-state index in [1.54, 1.807) is 0 Å². The van der Waals surface area contributed by atoms with Crippen molar-refractivity contribution in [1.82, 2.24) is 5.32 Å². The highest BCUT2D eigenvalue weighted by atomic mass is 16.5. The standard InChI is InChI=1S/C13H27NO2/c1-3-16-10-12(15)9-14-13-8-6-4-5-7-11(13)2/h11-15H,3-10H2,1-2H3. The van der Waals surface area contributed by atoms with Gasteiger partial charge in [-0.1, -0.05) is 26.2 Å². The Morgan fingerprint density at radius 3 is 2.81 bits per heavy atom. The van der Waals surface area contributed by atoms with E-state index in [2.05, 4.69) is 12.2 Å². The molecular formula is C13H27NO2. The summed E-state index contributed by atoms with van der Waals surface area (Å²) < 4.78 is 5.20. The molecule has 0 amide bonds. The van der Waals surface area contributed by atoms with Crippen LogP contribution < -0.4 is 5.32 Å². The van der Waals surface area contributed by atoms with Crippen molar-refractivity contribution < 1.29 is 9.84 Å². The van der Waals surface area contributed by atoms with Gasteiger partial charge in [0.05, 0.1) is 12.7 Å². The first kappa shape index (κ1) is 13.9. The maximum Gasteiger partial charge on any atom is 0.0897 e. The zero-order valence-corrected chi connectivity index (χ0v) is 10.7. The Hall–Kier alpha value is -0.120. The van der Waals surface area contributed by atoms with Crippen LogP contribution in [-0.4, -0.2) is 37.0 Å². The summed E-state index contributed by atoms with van der Waals surface area (Å²) in [6.07, 6.45) is 6.26. The predicted molar refractivity (Wildman–Crippen MR) is 66.5 cm³/mol. The summed E-state index contributed by atoms with van der Waals surface area (Å²) in [7, 11) is 0. The minimum atomic E-state index is -0.365. The van der Waals surface area contributed by atoms with E-state index in [9.17, 15) is 5.11 Å². The number of rotatable bonds is 6. The highest BCUT2D eigenvalue weighted by Gasteiger charge is 2.19. The van der Waals surface area contributed by atoms with Crippen LogP contribution in [0.2, 0.25) is 0 Å². The Balaban J connectivity index is 2.18. The molecule has 0 bridgehead atoms. The van der Waals surface area contributed by atoms with Gasteiger partial charge < -0.3 is 15.2 Å². The lowest BCUT2D eigenvalue weighted by atomic mass is 9.97. The van der Waals surface area contributed by atoms with Crippen molar-refractivity contribution in [2.45, 2.75) is 58.1 Å². The molecule has 0 aromatic rings. The molecule has 96 valence electrons. The summed E-state index contributed by atoms with van der Waals surface area (Å²) >= 11 is 0. The predicted octanol–water partition coefficient (Wildman–Crippen LogP) is 1.94. The van der Waals surface area contributed by atoms with E-state index in [0.717, 1.165) is 5.92 Å². The van der Waals surface area contributed by atoms with Gasteiger partial charge in [0.25, 0.3) is 0 Å². The van der Waals surface area contributed by atoms with E-state index >= 15 is 0 Å². The number of hydrogen-bond acceptors (Lipinski definition) is 3.